The molecule has 5 nitrogen and oxygen atoms in total. The van der Waals surface area contributed by atoms with E-state index in [4.69, 9.17) is 0 Å². The van der Waals surface area contributed by atoms with Gasteiger partial charge in [-0.25, -0.2) is 18.1 Å². The number of hydrogen-bond donors (Lipinski definition) is 2. The second-order valence-electron chi connectivity index (χ2n) is 5.27. The Balaban J connectivity index is 2.15. The Hall–Kier alpha value is -0.660. The summed E-state index contributed by atoms with van der Waals surface area (Å²) in [7, 11) is -1.88. The van der Waals surface area contributed by atoms with Gasteiger partial charge in [0.1, 0.15) is 10.7 Å². The van der Waals surface area contributed by atoms with Crippen LogP contribution in [-0.2, 0) is 10.0 Å². The van der Waals surface area contributed by atoms with Crippen LogP contribution in [0.5, 0.6) is 0 Å². The zero-order valence-electron chi connectivity index (χ0n) is 11.7. The third-order valence-corrected chi connectivity index (χ3v) is 5.79. The Morgan fingerprint density at radius 3 is 2.80 bits per heavy atom. The molecule has 1 heterocycles. The van der Waals surface area contributed by atoms with Crippen LogP contribution >= 0.6 is 15.9 Å². The summed E-state index contributed by atoms with van der Waals surface area (Å²) in [5, 5.41) is 2.81. The zero-order valence-corrected chi connectivity index (χ0v) is 14.1. The first kappa shape index (κ1) is 15.7. The molecular formula is C13H20BrN3O2S. The number of halogens is 1. The fraction of sp³-hybridized carbons (Fsp3) is 0.615. The van der Waals surface area contributed by atoms with E-state index in [-0.39, 0.29) is 4.90 Å². The molecule has 0 radical (unpaired) electrons. The van der Waals surface area contributed by atoms with E-state index in [0.717, 1.165) is 6.42 Å². The molecule has 0 aliphatic heterocycles. The highest BCUT2D eigenvalue weighted by molar-refractivity contribution is 9.10. The van der Waals surface area contributed by atoms with E-state index < -0.39 is 10.0 Å². The molecule has 0 aromatic carbocycles. The van der Waals surface area contributed by atoms with Crippen molar-refractivity contribution in [2.75, 3.05) is 18.9 Å². The summed E-state index contributed by atoms with van der Waals surface area (Å²) in [4.78, 5) is 4.26. The Morgan fingerprint density at radius 1 is 1.45 bits per heavy atom. The highest BCUT2D eigenvalue weighted by Gasteiger charge is 2.26. The van der Waals surface area contributed by atoms with E-state index >= 15 is 0 Å². The minimum Gasteiger partial charge on any atom is -0.372 e. The van der Waals surface area contributed by atoms with Crippen LogP contribution in [0.3, 0.4) is 0 Å². The van der Waals surface area contributed by atoms with Gasteiger partial charge in [-0.1, -0.05) is 19.8 Å². The summed E-state index contributed by atoms with van der Waals surface area (Å²) in [6.07, 6.45) is 5.05. The maximum Gasteiger partial charge on any atom is 0.244 e. The normalized spacial score (nSPS) is 22.9. The van der Waals surface area contributed by atoms with Crippen LogP contribution in [0, 0.1) is 11.8 Å². The number of sulfonamides is 1. The van der Waals surface area contributed by atoms with Crippen LogP contribution in [-0.4, -0.2) is 27.0 Å². The summed E-state index contributed by atoms with van der Waals surface area (Å²) in [6, 6.07) is 1.57. The molecule has 7 heteroatoms. The Morgan fingerprint density at radius 2 is 2.20 bits per heavy atom. The lowest BCUT2D eigenvalue weighted by atomic mass is 9.99. The standard InChI is InChI=1S/C13H20BrN3O2S/c1-9-4-3-5-10(9)7-17-20(18,19)12-6-11(14)8-16-13(12)15-2/h6,8-10,17H,3-5,7H2,1-2H3,(H,15,16). The Labute approximate surface area is 128 Å². The van der Waals surface area contributed by atoms with Crippen LogP contribution in [0.15, 0.2) is 21.6 Å². The molecule has 2 atom stereocenters. The molecule has 0 saturated heterocycles. The molecule has 2 unspecified atom stereocenters. The lowest BCUT2D eigenvalue weighted by molar-refractivity contribution is 0.414. The predicted octanol–water partition coefficient (Wildman–Crippen LogP) is 2.60. The van der Waals surface area contributed by atoms with Crippen molar-refractivity contribution in [1.82, 2.24) is 9.71 Å². The smallest absolute Gasteiger partial charge is 0.244 e. The van der Waals surface area contributed by atoms with Gasteiger partial charge in [-0.15, -0.1) is 0 Å². The molecule has 0 spiro atoms. The van der Waals surface area contributed by atoms with Gasteiger partial charge in [0.2, 0.25) is 10.0 Å². The largest absolute Gasteiger partial charge is 0.372 e. The molecule has 112 valence electrons. The molecule has 1 fully saturated rings. The van der Waals surface area contributed by atoms with Crippen LogP contribution < -0.4 is 10.0 Å². The van der Waals surface area contributed by atoms with Crippen molar-refractivity contribution < 1.29 is 8.42 Å². The van der Waals surface area contributed by atoms with Gasteiger partial charge in [0.15, 0.2) is 0 Å². The van der Waals surface area contributed by atoms with E-state index in [1.165, 1.54) is 12.8 Å². The minimum atomic E-state index is -3.54. The minimum absolute atomic E-state index is 0.181. The quantitative estimate of drug-likeness (QED) is 0.845. The highest BCUT2D eigenvalue weighted by Crippen LogP contribution is 2.31. The number of anilines is 1. The third kappa shape index (κ3) is 3.51. The Kier molecular flexibility index (Phi) is 5.04. The van der Waals surface area contributed by atoms with Gasteiger partial charge < -0.3 is 5.32 Å². The van der Waals surface area contributed by atoms with Crippen molar-refractivity contribution in [2.45, 2.75) is 31.1 Å². The molecule has 0 bridgehead atoms. The van der Waals surface area contributed by atoms with Crippen LogP contribution in [0.4, 0.5) is 5.82 Å². The van der Waals surface area contributed by atoms with Crippen molar-refractivity contribution >= 4 is 31.8 Å². The van der Waals surface area contributed by atoms with E-state index in [2.05, 4.69) is 37.9 Å². The number of nitrogens with zero attached hydrogens (tertiary/aromatic N) is 1. The second kappa shape index (κ2) is 6.41. The summed E-state index contributed by atoms with van der Waals surface area (Å²) in [5.74, 6) is 1.38. The van der Waals surface area contributed by atoms with Crippen LogP contribution in [0.1, 0.15) is 26.2 Å². The van der Waals surface area contributed by atoms with Crippen molar-refractivity contribution in [3.8, 4) is 0 Å². The molecule has 2 rings (SSSR count). The van der Waals surface area contributed by atoms with Crippen LogP contribution in [0.2, 0.25) is 0 Å². The van der Waals surface area contributed by atoms with Gasteiger partial charge in [-0.05, 0) is 40.3 Å². The molecule has 1 aliphatic carbocycles. The first-order valence-corrected chi connectivity index (χ1v) is 9.04. The predicted molar refractivity (Wildman–Crippen MR) is 83.2 cm³/mol. The van der Waals surface area contributed by atoms with Crippen molar-refractivity contribution in [3.63, 3.8) is 0 Å². The molecule has 1 aromatic rings. The van der Waals surface area contributed by atoms with E-state index in [0.29, 0.717) is 28.7 Å². The number of nitrogens with one attached hydrogen (secondary N) is 2. The molecule has 1 aliphatic rings. The average Bonchev–Trinajstić information content (AvgIpc) is 2.82. The number of rotatable bonds is 5. The van der Waals surface area contributed by atoms with E-state index in [9.17, 15) is 8.42 Å². The Bertz CT molecular complexity index is 577. The average molecular weight is 362 g/mol. The second-order valence-corrected chi connectivity index (χ2v) is 7.92. The third-order valence-electron chi connectivity index (χ3n) is 3.92. The maximum absolute atomic E-state index is 12.4. The molecule has 0 amide bonds. The first-order valence-electron chi connectivity index (χ1n) is 6.77. The summed E-state index contributed by atoms with van der Waals surface area (Å²) in [6.45, 7) is 2.69. The highest BCUT2D eigenvalue weighted by atomic mass is 79.9. The van der Waals surface area contributed by atoms with Gasteiger partial charge in [-0.2, -0.15) is 0 Å². The van der Waals surface area contributed by atoms with Gasteiger partial charge in [0, 0.05) is 24.3 Å². The van der Waals surface area contributed by atoms with Crippen LogP contribution in [0.25, 0.3) is 0 Å². The van der Waals surface area contributed by atoms with Gasteiger partial charge in [-0.3, -0.25) is 0 Å². The lowest BCUT2D eigenvalue weighted by Gasteiger charge is -2.17. The van der Waals surface area contributed by atoms with Crippen molar-refractivity contribution in [3.05, 3.63) is 16.7 Å². The number of aromatic nitrogens is 1. The van der Waals surface area contributed by atoms with E-state index in [1.54, 1.807) is 19.3 Å². The summed E-state index contributed by atoms with van der Waals surface area (Å²) < 4.78 is 28.2. The molecular weight excluding hydrogens is 342 g/mol. The summed E-state index contributed by atoms with van der Waals surface area (Å²) in [5.41, 5.74) is 0. The first-order chi connectivity index (χ1) is 9.44. The number of pyridine rings is 1. The van der Waals surface area contributed by atoms with Crippen molar-refractivity contribution in [1.29, 1.82) is 0 Å². The number of hydrogen-bond acceptors (Lipinski definition) is 4. The fourth-order valence-electron chi connectivity index (χ4n) is 2.63. The van der Waals surface area contributed by atoms with Gasteiger partial charge in [0.05, 0.1) is 0 Å². The van der Waals surface area contributed by atoms with Gasteiger partial charge in [0.25, 0.3) is 0 Å². The van der Waals surface area contributed by atoms with E-state index in [1.807, 2.05) is 0 Å². The molecule has 1 saturated carbocycles. The zero-order chi connectivity index (χ0) is 14.8. The molecule has 20 heavy (non-hydrogen) atoms. The molecule has 2 N–H and O–H groups in total. The fourth-order valence-corrected chi connectivity index (χ4v) is 4.40. The summed E-state index contributed by atoms with van der Waals surface area (Å²) >= 11 is 3.26. The topological polar surface area (TPSA) is 71.1 Å². The molecule has 1 aromatic heterocycles. The monoisotopic (exact) mass is 361 g/mol. The maximum atomic E-state index is 12.4. The van der Waals surface area contributed by atoms with Gasteiger partial charge >= 0.3 is 0 Å². The SMILES string of the molecule is CNc1ncc(Br)cc1S(=O)(=O)NCC1CCCC1C. The van der Waals surface area contributed by atoms with Crippen molar-refractivity contribution in [2.24, 2.45) is 11.8 Å². The lowest BCUT2D eigenvalue weighted by Crippen LogP contribution is -2.31.